The molecule has 1 fully saturated rings. The number of halogens is 5. The predicted octanol–water partition coefficient (Wildman–Crippen LogP) is 3.02. The molecule has 4 rings (SSSR count). The number of nitrogens with two attached hydrogens (primary N) is 1. The van der Waals surface area contributed by atoms with Crippen molar-refractivity contribution in [1.82, 2.24) is 19.8 Å². The van der Waals surface area contributed by atoms with Gasteiger partial charge in [-0.15, -0.1) is 0 Å². The molecule has 17 heteroatoms. The molecular weight excluding hydrogens is 650 g/mol. The number of fused-ring (bicyclic) bond motifs is 1. The standard InChI is InChI=1S/C27H30Cl2F3N5O5S.H2O/c1-2-43(41)21-6-5-16(28)10-15(21)12-37-24(38)18-11-20(27(30,31)32)19(22(29)23(18)35-25(37)39)14-36-8-3-4-17(13-36)34-26(40)42-9-7-33;/h5-6,10-11,17H,2-4,7-9,12-14,33H2,1H3,(H,34,40)(H,35,39);1H2/t17-,43?;/m1./s1. The number of H-pyrrole nitrogens is 1. The van der Waals surface area contributed by atoms with E-state index < -0.39 is 50.3 Å². The average Bonchev–Trinajstić information content (AvgIpc) is 2.95. The van der Waals surface area contributed by atoms with Crippen LogP contribution in [-0.4, -0.2) is 68.3 Å². The Labute approximate surface area is 262 Å². The van der Waals surface area contributed by atoms with Gasteiger partial charge in [0.25, 0.3) is 5.56 Å². The highest BCUT2D eigenvalue weighted by Crippen LogP contribution is 2.39. The second-order valence-electron chi connectivity index (χ2n) is 9.99. The Morgan fingerprint density at radius 3 is 2.61 bits per heavy atom. The largest absolute Gasteiger partial charge is 0.448 e. The lowest BCUT2D eigenvalue weighted by Crippen LogP contribution is -2.47. The molecule has 0 spiro atoms. The number of amides is 1. The third-order valence-electron chi connectivity index (χ3n) is 7.04. The van der Waals surface area contributed by atoms with Crippen molar-refractivity contribution in [2.45, 2.75) is 50.0 Å². The Morgan fingerprint density at radius 2 is 1.95 bits per heavy atom. The first-order valence-electron chi connectivity index (χ1n) is 13.4. The van der Waals surface area contributed by atoms with Crippen LogP contribution >= 0.6 is 23.2 Å². The summed E-state index contributed by atoms with van der Waals surface area (Å²) in [6, 6.07) is 4.81. The third kappa shape index (κ3) is 8.00. The number of carbonyl (C=O) groups excluding carboxylic acids is 1. The lowest BCUT2D eigenvalue weighted by Gasteiger charge is -2.33. The summed E-state index contributed by atoms with van der Waals surface area (Å²) in [7, 11) is -1.45. The summed E-state index contributed by atoms with van der Waals surface area (Å²) in [5, 5.41) is 2.12. The van der Waals surface area contributed by atoms with E-state index in [2.05, 4.69) is 10.3 Å². The maximum atomic E-state index is 14.4. The van der Waals surface area contributed by atoms with Crippen molar-refractivity contribution in [2.75, 3.05) is 32.0 Å². The van der Waals surface area contributed by atoms with Gasteiger partial charge in [-0.25, -0.2) is 9.59 Å². The van der Waals surface area contributed by atoms with Gasteiger partial charge in [-0.3, -0.25) is 18.5 Å². The van der Waals surface area contributed by atoms with Crippen LogP contribution in [0.5, 0.6) is 0 Å². The molecule has 0 bridgehead atoms. The van der Waals surface area contributed by atoms with E-state index in [0.29, 0.717) is 35.9 Å². The fourth-order valence-electron chi connectivity index (χ4n) is 5.07. The van der Waals surface area contributed by atoms with Crippen molar-refractivity contribution < 1.29 is 32.4 Å². The molecule has 1 saturated heterocycles. The van der Waals surface area contributed by atoms with Crippen LogP contribution in [0.25, 0.3) is 10.9 Å². The van der Waals surface area contributed by atoms with Gasteiger partial charge in [0.05, 0.1) is 38.8 Å². The Morgan fingerprint density at radius 1 is 1.23 bits per heavy atom. The number of hydrogen-bond acceptors (Lipinski definition) is 7. The molecule has 1 aliphatic rings. The van der Waals surface area contributed by atoms with Gasteiger partial charge in [-0.05, 0) is 54.8 Å². The molecule has 2 aromatic carbocycles. The fraction of sp³-hybridized carbons (Fsp3) is 0.444. The summed E-state index contributed by atoms with van der Waals surface area (Å²) in [5.74, 6) is 0.261. The van der Waals surface area contributed by atoms with Crippen LogP contribution in [0.4, 0.5) is 18.0 Å². The van der Waals surface area contributed by atoms with E-state index in [1.54, 1.807) is 11.8 Å². The Balaban J connectivity index is 0.00000529. The van der Waals surface area contributed by atoms with Crippen molar-refractivity contribution >= 4 is 51.0 Å². The molecule has 1 amide bonds. The van der Waals surface area contributed by atoms with Crippen LogP contribution in [0.3, 0.4) is 0 Å². The maximum absolute atomic E-state index is 14.4. The number of aromatic amines is 1. The number of rotatable bonds is 9. The molecule has 44 heavy (non-hydrogen) atoms. The second-order valence-corrected chi connectivity index (χ2v) is 12.5. The quantitative estimate of drug-likeness (QED) is 0.312. The van der Waals surface area contributed by atoms with E-state index >= 15 is 0 Å². The Bertz CT molecular complexity index is 1670. The van der Waals surface area contributed by atoms with Crippen LogP contribution in [0.1, 0.15) is 36.5 Å². The van der Waals surface area contributed by atoms with Gasteiger partial charge in [-0.1, -0.05) is 30.1 Å². The number of benzene rings is 2. The lowest BCUT2D eigenvalue weighted by molar-refractivity contribution is -0.138. The zero-order valence-corrected chi connectivity index (χ0v) is 25.9. The number of nitrogens with one attached hydrogen (secondary N) is 2. The van der Waals surface area contributed by atoms with Crippen LogP contribution in [0.2, 0.25) is 10.0 Å². The monoisotopic (exact) mass is 681 g/mol. The van der Waals surface area contributed by atoms with Gasteiger partial charge in [-0.2, -0.15) is 13.2 Å². The molecule has 0 aliphatic carbocycles. The van der Waals surface area contributed by atoms with Gasteiger partial charge in [0.2, 0.25) is 0 Å². The van der Waals surface area contributed by atoms with Crippen LogP contribution < -0.4 is 22.3 Å². The molecular formula is C27H32Cl2F3N5O6S. The zero-order chi connectivity index (χ0) is 31.5. The molecule has 11 nitrogen and oxygen atoms in total. The number of ether oxygens (including phenoxy) is 1. The van der Waals surface area contributed by atoms with Crippen molar-refractivity contribution in [3.63, 3.8) is 0 Å². The van der Waals surface area contributed by atoms with Gasteiger partial charge in [0, 0.05) is 41.3 Å². The lowest BCUT2D eigenvalue weighted by atomic mass is 10.0. The van der Waals surface area contributed by atoms with Crippen molar-refractivity contribution in [2.24, 2.45) is 5.73 Å². The number of hydrogen-bond donors (Lipinski definition) is 3. The molecule has 242 valence electrons. The third-order valence-corrected chi connectivity index (χ3v) is 9.11. The molecule has 0 radical (unpaired) electrons. The zero-order valence-electron chi connectivity index (χ0n) is 23.6. The summed E-state index contributed by atoms with van der Waals surface area (Å²) >= 11 is 12.6. The van der Waals surface area contributed by atoms with Crippen molar-refractivity contribution in [3.8, 4) is 0 Å². The number of piperidine rings is 1. The summed E-state index contributed by atoms with van der Waals surface area (Å²) in [6.07, 6.45) is -4.36. The first-order chi connectivity index (χ1) is 20.3. The minimum atomic E-state index is -4.88. The van der Waals surface area contributed by atoms with E-state index in [1.165, 1.54) is 18.2 Å². The molecule has 1 aromatic heterocycles. The summed E-state index contributed by atoms with van der Waals surface area (Å²) in [4.78, 5) is 43.1. The average molecular weight is 683 g/mol. The first kappa shape index (κ1) is 35.5. The van der Waals surface area contributed by atoms with Crippen molar-refractivity contribution in [3.05, 3.63) is 71.8 Å². The highest BCUT2D eigenvalue weighted by atomic mass is 35.5. The molecule has 1 aliphatic heterocycles. The maximum Gasteiger partial charge on any atom is 0.416 e. The fourth-order valence-corrected chi connectivity index (χ4v) is 6.52. The normalized spacial score (nSPS) is 16.4. The molecule has 1 unspecified atom stereocenters. The SMILES string of the molecule is CCS(=O)c1ccc(Cl)cc1Cn1c(=O)[nH]c2c(Cl)c(CN3CCC[C@@H](NC(=O)OCCN)C3)c(C(F)(F)F)cc2c1=O.O. The van der Waals surface area contributed by atoms with Gasteiger partial charge >= 0.3 is 18.0 Å². The van der Waals surface area contributed by atoms with Crippen LogP contribution in [0.15, 0.2) is 38.8 Å². The molecule has 2 atom stereocenters. The summed E-state index contributed by atoms with van der Waals surface area (Å²) < 4.78 is 61.3. The molecule has 3 aromatic rings. The van der Waals surface area contributed by atoms with E-state index in [0.717, 1.165) is 4.57 Å². The van der Waals surface area contributed by atoms with Crippen LogP contribution in [0, 0.1) is 0 Å². The van der Waals surface area contributed by atoms with E-state index in [9.17, 15) is 31.8 Å². The topological polar surface area (TPSA) is 171 Å². The predicted molar refractivity (Wildman–Crippen MR) is 162 cm³/mol. The summed E-state index contributed by atoms with van der Waals surface area (Å²) in [5.41, 5.74) is 2.10. The minimum Gasteiger partial charge on any atom is -0.448 e. The molecule has 6 N–H and O–H groups in total. The number of alkyl halides is 3. The Hall–Kier alpha value is -2.95. The first-order valence-corrected chi connectivity index (χ1v) is 15.5. The summed E-state index contributed by atoms with van der Waals surface area (Å²) in [6.45, 7) is 1.91. The number of nitrogens with zero attached hydrogens (tertiary/aromatic N) is 2. The highest BCUT2D eigenvalue weighted by Gasteiger charge is 2.37. The van der Waals surface area contributed by atoms with Gasteiger partial charge in [0.1, 0.15) is 6.61 Å². The van der Waals surface area contributed by atoms with E-state index in [1.807, 2.05) is 0 Å². The second kappa shape index (κ2) is 14.9. The minimum absolute atomic E-state index is 0. The Kier molecular flexibility index (Phi) is 12.0. The number of alkyl carbamates (subject to hydrolysis) is 1. The van der Waals surface area contributed by atoms with E-state index in [4.69, 9.17) is 33.7 Å². The smallest absolute Gasteiger partial charge is 0.416 e. The number of aromatic nitrogens is 2. The number of carbonyl (C=O) groups is 1. The van der Waals surface area contributed by atoms with Gasteiger partial charge in [0.15, 0.2) is 0 Å². The highest BCUT2D eigenvalue weighted by molar-refractivity contribution is 7.85. The molecule has 2 heterocycles. The number of likely N-dealkylation sites (tertiary alicyclic amines) is 1. The van der Waals surface area contributed by atoms with Crippen LogP contribution in [-0.2, 0) is 34.8 Å². The molecule has 0 saturated carbocycles. The van der Waals surface area contributed by atoms with Gasteiger partial charge < -0.3 is 26.2 Å². The van der Waals surface area contributed by atoms with E-state index in [-0.39, 0.29) is 66.2 Å². The van der Waals surface area contributed by atoms with Crippen molar-refractivity contribution in [1.29, 1.82) is 0 Å².